The van der Waals surface area contributed by atoms with Gasteiger partial charge in [0.2, 0.25) is 5.52 Å². The highest BCUT2D eigenvalue weighted by Gasteiger charge is 2.24. The Bertz CT molecular complexity index is 1340. The zero-order chi connectivity index (χ0) is 24.2. The Labute approximate surface area is 190 Å². The summed E-state index contributed by atoms with van der Waals surface area (Å²) >= 11 is 0. The number of nitrogens with one attached hydrogen (secondary N) is 3. The smallest absolute Gasteiger partial charge is 0.353 e. The van der Waals surface area contributed by atoms with E-state index in [1.54, 1.807) is 18.4 Å². The number of aromatic nitrogens is 4. The van der Waals surface area contributed by atoms with Crippen LogP contribution in [0.25, 0.3) is 22.2 Å². The monoisotopic (exact) mass is 478 g/mol. The van der Waals surface area contributed by atoms with Gasteiger partial charge in [0.05, 0.1) is 19.4 Å². The average molecular weight is 478 g/mol. The summed E-state index contributed by atoms with van der Waals surface area (Å²) in [7, 11) is -3.17. The minimum absolute atomic E-state index is 0.0347. The molecule has 178 valence electrons. The molecule has 11 nitrogen and oxygen atoms in total. The molecule has 0 aliphatic carbocycles. The molecule has 0 radical (unpaired) electrons. The van der Waals surface area contributed by atoms with Gasteiger partial charge in [-0.25, -0.2) is 14.3 Å². The molecule has 1 aromatic carbocycles. The van der Waals surface area contributed by atoms with Crippen molar-refractivity contribution in [3.05, 3.63) is 44.1 Å². The van der Waals surface area contributed by atoms with Crippen LogP contribution in [0.5, 0.6) is 0 Å². The molecule has 0 bridgehead atoms. The molecule has 3 aromatic rings. The van der Waals surface area contributed by atoms with Crippen LogP contribution in [-0.2, 0) is 25.0 Å². The Morgan fingerprint density at radius 2 is 1.79 bits per heavy atom. The summed E-state index contributed by atoms with van der Waals surface area (Å²) in [5.74, 6) is -0.337. The molecular formula is C21H29N5O6P+. The Kier molecular flexibility index (Phi) is 7.78. The summed E-state index contributed by atoms with van der Waals surface area (Å²) in [6.07, 6.45) is 0.588. The van der Waals surface area contributed by atoms with E-state index in [1.807, 2.05) is 26.0 Å². The molecule has 0 saturated heterocycles. The first-order valence-electron chi connectivity index (χ1n) is 10.8. The fourth-order valence-corrected chi connectivity index (χ4v) is 5.19. The Morgan fingerprint density at radius 3 is 2.45 bits per heavy atom. The maximum absolute atomic E-state index is 12.7. The van der Waals surface area contributed by atoms with Gasteiger partial charge in [-0.1, -0.05) is 0 Å². The lowest BCUT2D eigenvalue weighted by atomic mass is 10.1. The molecular weight excluding hydrogens is 449 g/mol. The summed E-state index contributed by atoms with van der Waals surface area (Å²) in [4.78, 5) is 46.1. The SMILES string of the molecule is CCOP(=O)(CCCNC(=O)C[n+]1c2cc(C)c(C)cc2nc2c(=O)[nH]c(=O)[nH]c21)OCC. The van der Waals surface area contributed by atoms with Crippen molar-refractivity contribution in [1.82, 2.24) is 20.3 Å². The zero-order valence-electron chi connectivity index (χ0n) is 19.2. The number of nitrogens with zero attached hydrogens (tertiary/aromatic N) is 2. The molecule has 2 aromatic heterocycles. The van der Waals surface area contributed by atoms with Crippen LogP contribution in [0.1, 0.15) is 31.4 Å². The van der Waals surface area contributed by atoms with Gasteiger partial charge < -0.3 is 14.4 Å². The average Bonchev–Trinajstić information content (AvgIpc) is 2.73. The van der Waals surface area contributed by atoms with Gasteiger partial charge in [0.15, 0.2) is 12.1 Å². The van der Waals surface area contributed by atoms with Crippen molar-refractivity contribution in [3.8, 4) is 0 Å². The van der Waals surface area contributed by atoms with Crippen molar-refractivity contribution in [2.75, 3.05) is 25.9 Å². The van der Waals surface area contributed by atoms with Crippen molar-refractivity contribution < 1.29 is 23.0 Å². The maximum atomic E-state index is 12.7. The van der Waals surface area contributed by atoms with Gasteiger partial charge in [0.25, 0.3) is 11.5 Å². The molecule has 0 spiro atoms. The number of benzene rings is 1. The number of aryl methyl sites for hydroxylation is 2. The Hall–Kier alpha value is -2.88. The fraction of sp³-hybridized carbons (Fsp3) is 0.476. The number of rotatable bonds is 10. The van der Waals surface area contributed by atoms with Gasteiger partial charge in [-0.2, -0.15) is 4.98 Å². The Balaban J connectivity index is 1.86. The van der Waals surface area contributed by atoms with Crippen LogP contribution in [-0.4, -0.2) is 46.8 Å². The topological polar surface area (TPSA) is 147 Å². The Morgan fingerprint density at radius 1 is 1.12 bits per heavy atom. The molecule has 33 heavy (non-hydrogen) atoms. The molecule has 0 aliphatic rings. The quantitative estimate of drug-likeness (QED) is 0.173. The molecule has 0 aliphatic heterocycles. The van der Waals surface area contributed by atoms with Gasteiger partial charge in [-0.15, -0.1) is 0 Å². The molecule has 0 atom stereocenters. The normalized spacial score (nSPS) is 11.9. The highest BCUT2D eigenvalue weighted by atomic mass is 31.2. The van der Waals surface area contributed by atoms with E-state index in [4.69, 9.17) is 9.05 Å². The predicted octanol–water partition coefficient (Wildman–Crippen LogP) is 1.44. The van der Waals surface area contributed by atoms with Crippen molar-refractivity contribution in [2.24, 2.45) is 0 Å². The van der Waals surface area contributed by atoms with Crippen LogP contribution in [0.3, 0.4) is 0 Å². The number of hydrogen-bond donors (Lipinski definition) is 3. The molecule has 12 heteroatoms. The minimum atomic E-state index is -3.17. The molecule has 3 N–H and O–H groups in total. The van der Waals surface area contributed by atoms with E-state index in [2.05, 4.69) is 20.3 Å². The van der Waals surface area contributed by atoms with Crippen molar-refractivity contribution >= 4 is 35.7 Å². The van der Waals surface area contributed by atoms with Crippen molar-refractivity contribution in [3.63, 3.8) is 0 Å². The van der Waals surface area contributed by atoms with E-state index in [1.165, 1.54) is 0 Å². The number of aromatic amines is 2. The van der Waals surface area contributed by atoms with E-state index >= 15 is 0 Å². The van der Waals surface area contributed by atoms with E-state index < -0.39 is 18.8 Å². The van der Waals surface area contributed by atoms with Gasteiger partial charge in [0.1, 0.15) is 5.52 Å². The van der Waals surface area contributed by atoms with Gasteiger partial charge in [-0.05, 0) is 57.4 Å². The summed E-state index contributed by atoms with van der Waals surface area (Å²) in [6.45, 7) is 8.01. The van der Waals surface area contributed by atoms with Crippen LogP contribution >= 0.6 is 7.60 Å². The minimum Gasteiger partial charge on any atom is -0.353 e. The lowest BCUT2D eigenvalue weighted by Crippen LogP contribution is -2.46. The summed E-state index contributed by atoms with van der Waals surface area (Å²) in [5, 5.41) is 2.78. The van der Waals surface area contributed by atoms with Gasteiger partial charge >= 0.3 is 18.9 Å². The predicted molar refractivity (Wildman–Crippen MR) is 124 cm³/mol. The molecule has 0 saturated carbocycles. The first kappa shape index (κ1) is 24.8. The standard InChI is InChI=1S/C21H28N5O6P/c1-5-31-33(30,32-6-2)9-7-8-22-17(27)12-26-16-11-14(4)13(3)10-15(16)23-18-19(26)24-21(29)25-20(18)28/h10-11H,5-9,12H2,1-4H3,(H2,22,25,27,28,29)/p+1. The molecule has 1 amide bonds. The highest BCUT2D eigenvalue weighted by Crippen LogP contribution is 2.48. The third-order valence-electron chi connectivity index (χ3n) is 5.17. The maximum Gasteiger partial charge on any atom is 0.413 e. The van der Waals surface area contributed by atoms with E-state index in [0.717, 1.165) is 11.1 Å². The van der Waals surface area contributed by atoms with Crippen LogP contribution in [0.4, 0.5) is 0 Å². The second-order valence-corrected chi connectivity index (χ2v) is 9.79. The number of hydrogen-bond acceptors (Lipinski definition) is 7. The fourth-order valence-electron chi connectivity index (χ4n) is 3.52. The third kappa shape index (κ3) is 5.73. The number of carbonyl (C=O) groups is 1. The van der Waals surface area contributed by atoms with E-state index in [9.17, 15) is 18.9 Å². The third-order valence-corrected chi connectivity index (χ3v) is 7.33. The summed E-state index contributed by atoms with van der Waals surface area (Å²) < 4.78 is 24.6. The second-order valence-electron chi connectivity index (χ2n) is 7.60. The largest absolute Gasteiger partial charge is 0.413 e. The lowest BCUT2D eigenvalue weighted by Gasteiger charge is -2.16. The van der Waals surface area contributed by atoms with Gasteiger partial charge in [0, 0.05) is 6.54 Å². The van der Waals surface area contributed by atoms with E-state index in [-0.39, 0.29) is 49.5 Å². The van der Waals surface area contributed by atoms with Crippen LogP contribution in [0.2, 0.25) is 0 Å². The molecule has 3 rings (SSSR count). The molecule has 0 fully saturated rings. The first-order chi connectivity index (χ1) is 15.7. The first-order valence-corrected chi connectivity index (χ1v) is 12.5. The van der Waals surface area contributed by atoms with Crippen molar-refractivity contribution in [1.29, 1.82) is 0 Å². The lowest BCUT2D eigenvalue weighted by molar-refractivity contribution is -0.634. The van der Waals surface area contributed by atoms with E-state index in [0.29, 0.717) is 17.5 Å². The van der Waals surface area contributed by atoms with Gasteiger partial charge in [-0.3, -0.25) is 19.1 Å². The number of carbonyl (C=O) groups excluding carboxylic acids is 1. The molecule has 0 unspecified atom stereocenters. The van der Waals surface area contributed by atoms with Crippen LogP contribution in [0.15, 0.2) is 21.7 Å². The highest BCUT2D eigenvalue weighted by molar-refractivity contribution is 7.53. The van der Waals surface area contributed by atoms with Crippen LogP contribution in [0, 0.1) is 13.8 Å². The summed E-state index contributed by atoms with van der Waals surface area (Å²) in [5.41, 5.74) is 1.98. The second kappa shape index (κ2) is 10.4. The zero-order valence-corrected chi connectivity index (χ0v) is 20.1. The number of amides is 1. The van der Waals surface area contributed by atoms with Crippen molar-refractivity contribution in [2.45, 2.75) is 40.7 Å². The number of fused-ring (bicyclic) bond motifs is 2. The number of H-pyrrole nitrogens is 2. The van der Waals surface area contributed by atoms with Crippen LogP contribution < -0.4 is 21.1 Å². The molecule has 2 heterocycles. The summed E-state index contributed by atoms with van der Waals surface area (Å²) in [6, 6.07) is 3.70.